The first-order valence-corrected chi connectivity index (χ1v) is 5.50. The number of carbonyl (C=O) groups excluding carboxylic acids is 1. The number of aliphatic hydroxyl groups is 1. The zero-order valence-corrected chi connectivity index (χ0v) is 8.99. The van der Waals surface area contributed by atoms with Crippen molar-refractivity contribution in [1.29, 1.82) is 0 Å². The molecule has 1 saturated heterocycles. The fourth-order valence-electron chi connectivity index (χ4n) is 2.47. The molecular formula is C11H19NO2. The molecule has 3 nitrogen and oxygen atoms in total. The van der Waals surface area contributed by atoms with Crippen molar-refractivity contribution in [3.05, 3.63) is 0 Å². The van der Waals surface area contributed by atoms with Gasteiger partial charge in [-0.05, 0) is 33.1 Å². The maximum atomic E-state index is 12.0. The van der Waals surface area contributed by atoms with Crippen molar-refractivity contribution in [2.45, 2.75) is 51.2 Å². The quantitative estimate of drug-likeness (QED) is 0.685. The van der Waals surface area contributed by atoms with Crippen LogP contribution < -0.4 is 0 Å². The van der Waals surface area contributed by atoms with Crippen LogP contribution in [0.1, 0.15) is 39.5 Å². The van der Waals surface area contributed by atoms with Crippen LogP contribution in [0.15, 0.2) is 0 Å². The lowest BCUT2D eigenvalue weighted by Gasteiger charge is -2.36. The van der Waals surface area contributed by atoms with Crippen LogP contribution in [-0.2, 0) is 4.79 Å². The second-order valence-corrected chi connectivity index (χ2v) is 5.25. The van der Waals surface area contributed by atoms with Crippen molar-refractivity contribution in [1.82, 2.24) is 4.90 Å². The third kappa shape index (κ3) is 1.54. The normalized spacial score (nSPS) is 31.6. The number of rotatable bonds is 1. The number of hydrogen-bond acceptors (Lipinski definition) is 2. The summed E-state index contributed by atoms with van der Waals surface area (Å²) in [6, 6.07) is 0. The van der Waals surface area contributed by atoms with Crippen LogP contribution >= 0.6 is 0 Å². The van der Waals surface area contributed by atoms with Gasteiger partial charge in [0.05, 0.1) is 6.10 Å². The van der Waals surface area contributed by atoms with Crippen molar-refractivity contribution >= 4 is 5.91 Å². The van der Waals surface area contributed by atoms with E-state index < -0.39 is 0 Å². The summed E-state index contributed by atoms with van der Waals surface area (Å²) >= 11 is 0. The van der Waals surface area contributed by atoms with E-state index in [1.165, 1.54) is 6.42 Å². The predicted octanol–water partition coefficient (Wildman–Crippen LogP) is 1.16. The maximum Gasteiger partial charge on any atom is 0.226 e. The van der Waals surface area contributed by atoms with Crippen LogP contribution in [0.25, 0.3) is 0 Å². The molecule has 1 amide bonds. The summed E-state index contributed by atoms with van der Waals surface area (Å²) in [7, 11) is 0. The Balaban J connectivity index is 2.05. The van der Waals surface area contributed by atoms with Crippen molar-refractivity contribution in [3.63, 3.8) is 0 Å². The van der Waals surface area contributed by atoms with E-state index in [0.29, 0.717) is 13.0 Å². The van der Waals surface area contributed by atoms with Gasteiger partial charge in [-0.3, -0.25) is 4.79 Å². The zero-order valence-electron chi connectivity index (χ0n) is 8.99. The van der Waals surface area contributed by atoms with E-state index in [-0.39, 0.29) is 23.5 Å². The van der Waals surface area contributed by atoms with Gasteiger partial charge in [0.1, 0.15) is 0 Å². The summed E-state index contributed by atoms with van der Waals surface area (Å²) in [5.74, 6) is 0.511. The Morgan fingerprint density at radius 1 is 1.43 bits per heavy atom. The second kappa shape index (κ2) is 3.23. The van der Waals surface area contributed by atoms with E-state index in [1.807, 2.05) is 18.7 Å². The maximum absolute atomic E-state index is 12.0. The number of carbonyl (C=O) groups is 1. The Kier molecular flexibility index (Phi) is 2.30. The first-order valence-electron chi connectivity index (χ1n) is 5.50. The SMILES string of the molecule is CC1(C)CC(O)CN1C(=O)C1CCC1. The van der Waals surface area contributed by atoms with E-state index in [2.05, 4.69) is 0 Å². The third-order valence-electron chi connectivity index (χ3n) is 3.58. The fraction of sp³-hybridized carbons (Fsp3) is 0.909. The van der Waals surface area contributed by atoms with E-state index in [1.54, 1.807) is 0 Å². The van der Waals surface area contributed by atoms with Crippen LogP contribution in [0, 0.1) is 5.92 Å². The summed E-state index contributed by atoms with van der Waals surface area (Å²) in [5.41, 5.74) is -0.147. The number of aliphatic hydroxyl groups excluding tert-OH is 1. The molecule has 2 rings (SSSR count). The number of β-amino-alcohol motifs (C(OH)–C–C–N with tert-alkyl or cyclic N) is 1. The molecule has 2 aliphatic rings. The monoisotopic (exact) mass is 197 g/mol. The topological polar surface area (TPSA) is 40.5 Å². The molecule has 1 heterocycles. The molecule has 1 aliphatic carbocycles. The molecule has 14 heavy (non-hydrogen) atoms. The van der Waals surface area contributed by atoms with Gasteiger partial charge in [-0.15, -0.1) is 0 Å². The number of hydrogen-bond donors (Lipinski definition) is 1. The van der Waals surface area contributed by atoms with Crippen LogP contribution in [0.2, 0.25) is 0 Å². The van der Waals surface area contributed by atoms with E-state index in [4.69, 9.17) is 0 Å². The lowest BCUT2D eigenvalue weighted by Crippen LogP contribution is -2.47. The highest BCUT2D eigenvalue weighted by atomic mass is 16.3. The fourth-order valence-corrected chi connectivity index (χ4v) is 2.47. The molecule has 1 N–H and O–H groups in total. The molecule has 0 aromatic carbocycles. The average Bonchev–Trinajstić information content (AvgIpc) is 2.20. The highest BCUT2D eigenvalue weighted by Gasteiger charge is 2.43. The Bertz CT molecular complexity index is 246. The van der Waals surface area contributed by atoms with Gasteiger partial charge < -0.3 is 10.0 Å². The zero-order chi connectivity index (χ0) is 10.3. The number of likely N-dealkylation sites (tertiary alicyclic amines) is 1. The minimum Gasteiger partial charge on any atom is -0.391 e. The molecular weight excluding hydrogens is 178 g/mol. The summed E-state index contributed by atoms with van der Waals surface area (Å²) in [6.45, 7) is 4.61. The predicted molar refractivity (Wildman–Crippen MR) is 53.8 cm³/mol. The lowest BCUT2D eigenvalue weighted by atomic mass is 9.83. The van der Waals surface area contributed by atoms with Crippen LogP contribution in [-0.4, -0.2) is 34.1 Å². The molecule has 0 aromatic rings. The Labute approximate surface area is 85.1 Å². The van der Waals surface area contributed by atoms with Gasteiger partial charge in [-0.25, -0.2) is 0 Å². The summed E-state index contributed by atoms with van der Waals surface area (Å²) in [5, 5.41) is 9.56. The van der Waals surface area contributed by atoms with Crippen molar-refractivity contribution < 1.29 is 9.90 Å². The molecule has 1 saturated carbocycles. The highest BCUT2D eigenvalue weighted by Crippen LogP contribution is 2.35. The molecule has 0 aromatic heterocycles. The molecule has 0 radical (unpaired) electrons. The molecule has 3 heteroatoms. The molecule has 1 aliphatic heterocycles. The Hall–Kier alpha value is -0.570. The van der Waals surface area contributed by atoms with Gasteiger partial charge in [0.15, 0.2) is 0 Å². The third-order valence-corrected chi connectivity index (χ3v) is 3.58. The minimum atomic E-state index is -0.325. The van der Waals surface area contributed by atoms with Gasteiger partial charge in [0.2, 0.25) is 5.91 Å². The van der Waals surface area contributed by atoms with Gasteiger partial charge >= 0.3 is 0 Å². The van der Waals surface area contributed by atoms with Crippen LogP contribution in [0.4, 0.5) is 0 Å². The van der Waals surface area contributed by atoms with Gasteiger partial charge in [0.25, 0.3) is 0 Å². The van der Waals surface area contributed by atoms with Crippen LogP contribution in [0.3, 0.4) is 0 Å². The first kappa shape index (κ1) is 9.97. The van der Waals surface area contributed by atoms with Crippen molar-refractivity contribution in [2.24, 2.45) is 5.92 Å². The minimum absolute atomic E-state index is 0.147. The van der Waals surface area contributed by atoms with E-state index in [9.17, 15) is 9.90 Å². The lowest BCUT2D eigenvalue weighted by molar-refractivity contribution is -0.141. The summed E-state index contributed by atoms with van der Waals surface area (Å²) in [6.07, 6.45) is 3.66. The summed E-state index contributed by atoms with van der Waals surface area (Å²) in [4.78, 5) is 13.9. The molecule has 2 fully saturated rings. The van der Waals surface area contributed by atoms with E-state index in [0.717, 1.165) is 12.8 Å². The number of nitrogens with zero attached hydrogens (tertiary/aromatic N) is 1. The molecule has 1 unspecified atom stereocenters. The summed E-state index contributed by atoms with van der Waals surface area (Å²) < 4.78 is 0. The van der Waals surface area contributed by atoms with Crippen LogP contribution in [0.5, 0.6) is 0 Å². The molecule has 0 spiro atoms. The molecule has 1 atom stereocenters. The second-order valence-electron chi connectivity index (χ2n) is 5.25. The van der Waals surface area contributed by atoms with E-state index >= 15 is 0 Å². The smallest absolute Gasteiger partial charge is 0.226 e. The van der Waals surface area contributed by atoms with Gasteiger partial charge in [-0.1, -0.05) is 6.42 Å². The van der Waals surface area contributed by atoms with Crippen molar-refractivity contribution in [2.75, 3.05) is 6.54 Å². The molecule has 0 bridgehead atoms. The first-order chi connectivity index (χ1) is 6.50. The highest BCUT2D eigenvalue weighted by molar-refractivity contribution is 5.80. The Morgan fingerprint density at radius 2 is 2.07 bits per heavy atom. The Morgan fingerprint density at radius 3 is 2.43 bits per heavy atom. The molecule has 80 valence electrons. The van der Waals surface area contributed by atoms with Gasteiger partial charge in [0, 0.05) is 18.0 Å². The van der Waals surface area contributed by atoms with Gasteiger partial charge in [-0.2, -0.15) is 0 Å². The standard InChI is InChI=1S/C11H19NO2/c1-11(2)6-9(13)7-12(11)10(14)8-4-3-5-8/h8-9,13H,3-7H2,1-2H3. The van der Waals surface area contributed by atoms with Crippen molar-refractivity contribution in [3.8, 4) is 0 Å². The number of amides is 1. The average molecular weight is 197 g/mol. The largest absolute Gasteiger partial charge is 0.391 e.